The van der Waals surface area contributed by atoms with E-state index >= 15 is 0 Å². The molecule has 0 saturated carbocycles. The summed E-state index contributed by atoms with van der Waals surface area (Å²) in [6.07, 6.45) is 1.57. The van der Waals surface area contributed by atoms with Crippen molar-refractivity contribution in [1.82, 2.24) is 5.43 Å². The van der Waals surface area contributed by atoms with Crippen molar-refractivity contribution in [2.45, 2.75) is 0 Å². The normalized spacial score (nSPS) is 18.9. The second kappa shape index (κ2) is 7.13. The van der Waals surface area contributed by atoms with Crippen LogP contribution in [0.1, 0.15) is 5.56 Å². The number of aromatic hydroxyl groups is 1. The number of nitrogens with zero attached hydrogens (tertiary/aromatic N) is 2. The Labute approximate surface area is 156 Å². The maximum absolute atomic E-state index is 12.6. The largest absolute Gasteiger partial charge is 0.508 e. The van der Waals surface area contributed by atoms with Crippen LogP contribution in [0.3, 0.4) is 0 Å². The number of morpholine rings is 1. The minimum atomic E-state index is -0.472. The summed E-state index contributed by atoms with van der Waals surface area (Å²) in [5, 5.41) is 10.7. The quantitative estimate of drug-likeness (QED) is 0.639. The number of anilines is 2. The predicted octanol–water partition coefficient (Wildman–Crippen LogP) is 1.69. The van der Waals surface area contributed by atoms with Gasteiger partial charge in [-0.25, -0.2) is 5.01 Å². The van der Waals surface area contributed by atoms with Crippen LogP contribution in [0.4, 0.5) is 11.4 Å². The molecule has 0 bridgehead atoms. The van der Waals surface area contributed by atoms with Gasteiger partial charge in [0.1, 0.15) is 11.3 Å². The lowest BCUT2D eigenvalue weighted by Crippen LogP contribution is -2.36. The summed E-state index contributed by atoms with van der Waals surface area (Å²) in [4.78, 5) is 27.1. The molecule has 2 heterocycles. The number of rotatable bonds is 3. The Morgan fingerprint density at radius 2 is 1.74 bits per heavy atom. The summed E-state index contributed by atoms with van der Waals surface area (Å²) in [6.45, 7) is 3.12. The molecule has 0 spiro atoms. The molecule has 7 heteroatoms. The molecule has 0 atom stereocenters. The number of nitrogens with one attached hydrogen (secondary N) is 1. The lowest BCUT2D eigenvalue weighted by molar-refractivity contribution is -0.117. The molecule has 0 aromatic heterocycles. The van der Waals surface area contributed by atoms with Gasteiger partial charge in [0.15, 0.2) is 0 Å². The SMILES string of the molecule is O=C1NN(c2cccc(O)c2)C(=O)/C1=C\c1ccc(N2CCOCC2)cc1. The standard InChI is InChI=1S/C20H19N3O4/c24-17-3-1-2-16(13-17)23-20(26)18(19(25)21-23)12-14-4-6-15(7-5-14)22-8-10-27-11-9-22/h1-7,12-13,24H,8-11H2,(H,21,25)/b18-12-. The van der Waals surface area contributed by atoms with Crippen LogP contribution in [-0.2, 0) is 14.3 Å². The summed E-state index contributed by atoms with van der Waals surface area (Å²) in [5.74, 6) is -0.908. The van der Waals surface area contributed by atoms with Gasteiger partial charge in [0.25, 0.3) is 11.8 Å². The number of carbonyl (C=O) groups excluding carboxylic acids is 2. The monoisotopic (exact) mass is 365 g/mol. The molecule has 138 valence electrons. The summed E-state index contributed by atoms with van der Waals surface area (Å²) in [6, 6.07) is 13.9. The highest BCUT2D eigenvalue weighted by molar-refractivity contribution is 6.31. The molecule has 0 radical (unpaired) electrons. The van der Waals surface area contributed by atoms with Gasteiger partial charge in [-0.15, -0.1) is 0 Å². The van der Waals surface area contributed by atoms with E-state index in [-0.39, 0.29) is 11.3 Å². The van der Waals surface area contributed by atoms with Crippen molar-refractivity contribution >= 4 is 29.3 Å². The first-order chi connectivity index (χ1) is 13.1. The van der Waals surface area contributed by atoms with Crippen LogP contribution in [-0.4, -0.2) is 43.2 Å². The van der Waals surface area contributed by atoms with Gasteiger partial charge in [0.05, 0.1) is 18.9 Å². The average molecular weight is 365 g/mol. The molecule has 7 nitrogen and oxygen atoms in total. The fourth-order valence-corrected chi connectivity index (χ4v) is 3.14. The molecule has 2 N–H and O–H groups in total. The number of benzene rings is 2. The van der Waals surface area contributed by atoms with Crippen molar-refractivity contribution in [1.29, 1.82) is 0 Å². The number of phenolic OH excluding ortho intramolecular Hbond substituents is 1. The maximum Gasteiger partial charge on any atom is 0.282 e. The Bertz CT molecular complexity index is 902. The number of hydrogen-bond donors (Lipinski definition) is 2. The molecule has 4 rings (SSSR count). The van der Waals surface area contributed by atoms with E-state index in [0.29, 0.717) is 18.9 Å². The van der Waals surface area contributed by atoms with Gasteiger partial charge in [0.2, 0.25) is 0 Å². The number of amides is 2. The van der Waals surface area contributed by atoms with E-state index in [0.717, 1.165) is 29.3 Å². The summed E-state index contributed by atoms with van der Waals surface area (Å²) < 4.78 is 5.36. The number of hydrogen-bond acceptors (Lipinski definition) is 5. The molecule has 2 aromatic rings. The Balaban J connectivity index is 1.54. The highest BCUT2D eigenvalue weighted by Gasteiger charge is 2.34. The van der Waals surface area contributed by atoms with Crippen LogP contribution in [0.25, 0.3) is 6.08 Å². The van der Waals surface area contributed by atoms with Crippen LogP contribution < -0.4 is 15.3 Å². The summed E-state index contributed by atoms with van der Waals surface area (Å²) >= 11 is 0. The van der Waals surface area contributed by atoms with Crippen molar-refractivity contribution in [2.75, 3.05) is 36.2 Å². The first-order valence-electron chi connectivity index (χ1n) is 8.71. The van der Waals surface area contributed by atoms with E-state index in [1.165, 1.54) is 12.1 Å². The number of carbonyl (C=O) groups is 2. The Hall–Kier alpha value is -3.32. The lowest BCUT2D eigenvalue weighted by atomic mass is 10.1. The van der Waals surface area contributed by atoms with Gasteiger partial charge in [-0.05, 0) is 35.9 Å². The fraction of sp³-hybridized carbons (Fsp3) is 0.200. The smallest absolute Gasteiger partial charge is 0.282 e. The molecular formula is C20H19N3O4. The fourth-order valence-electron chi connectivity index (χ4n) is 3.14. The molecule has 2 fully saturated rings. The van der Waals surface area contributed by atoms with Crippen LogP contribution in [0.5, 0.6) is 5.75 Å². The number of hydrazine groups is 1. The highest BCUT2D eigenvalue weighted by atomic mass is 16.5. The third-order valence-electron chi connectivity index (χ3n) is 4.56. The predicted molar refractivity (Wildman–Crippen MR) is 101 cm³/mol. The van der Waals surface area contributed by atoms with E-state index in [4.69, 9.17) is 4.74 Å². The van der Waals surface area contributed by atoms with Gasteiger partial charge in [-0.1, -0.05) is 18.2 Å². The first kappa shape index (κ1) is 17.1. The average Bonchev–Trinajstić information content (AvgIpc) is 2.97. The molecule has 0 unspecified atom stereocenters. The summed E-state index contributed by atoms with van der Waals surface area (Å²) in [5.41, 5.74) is 4.83. The van der Waals surface area contributed by atoms with Crippen molar-refractivity contribution in [3.8, 4) is 5.75 Å². The van der Waals surface area contributed by atoms with Crippen LogP contribution in [0.2, 0.25) is 0 Å². The zero-order valence-electron chi connectivity index (χ0n) is 14.6. The van der Waals surface area contributed by atoms with Crippen molar-refractivity contribution in [2.24, 2.45) is 0 Å². The van der Waals surface area contributed by atoms with E-state index in [9.17, 15) is 14.7 Å². The van der Waals surface area contributed by atoms with Crippen molar-refractivity contribution in [3.63, 3.8) is 0 Å². The van der Waals surface area contributed by atoms with Gasteiger partial charge in [0, 0.05) is 24.8 Å². The van der Waals surface area contributed by atoms with E-state index in [1.54, 1.807) is 18.2 Å². The van der Waals surface area contributed by atoms with Crippen LogP contribution in [0.15, 0.2) is 54.1 Å². The maximum atomic E-state index is 12.6. The third-order valence-corrected chi connectivity index (χ3v) is 4.56. The zero-order valence-corrected chi connectivity index (χ0v) is 14.6. The van der Waals surface area contributed by atoms with Crippen LogP contribution >= 0.6 is 0 Å². The number of ether oxygens (including phenoxy) is 1. The minimum absolute atomic E-state index is 0.0191. The molecule has 2 aliphatic rings. The first-order valence-corrected chi connectivity index (χ1v) is 8.71. The molecule has 2 saturated heterocycles. The third kappa shape index (κ3) is 3.50. The second-order valence-corrected chi connectivity index (χ2v) is 6.35. The highest BCUT2D eigenvalue weighted by Crippen LogP contribution is 2.25. The molecular weight excluding hydrogens is 346 g/mol. The minimum Gasteiger partial charge on any atom is -0.508 e. The van der Waals surface area contributed by atoms with E-state index in [1.807, 2.05) is 24.3 Å². The van der Waals surface area contributed by atoms with Crippen molar-refractivity contribution in [3.05, 3.63) is 59.7 Å². The molecule has 27 heavy (non-hydrogen) atoms. The molecule has 2 aromatic carbocycles. The second-order valence-electron chi connectivity index (χ2n) is 6.35. The van der Waals surface area contributed by atoms with Gasteiger partial charge < -0.3 is 14.7 Å². The van der Waals surface area contributed by atoms with Gasteiger partial charge in [-0.2, -0.15) is 0 Å². The van der Waals surface area contributed by atoms with Gasteiger partial charge in [-0.3, -0.25) is 15.0 Å². The topological polar surface area (TPSA) is 82.1 Å². The van der Waals surface area contributed by atoms with Gasteiger partial charge >= 0.3 is 0 Å². The van der Waals surface area contributed by atoms with Crippen LogP contribution in [0, 0.1) is 0 Å². The molecule has 0 aliphatic carbocycles. The Kier molecular flexibility index (Phi) is 4.52. The van der Waals surface area contributed by atoms with E-state index in [2.05, 4.69) is 10.3 Å². The Morgan fingerprint density at radius 1 is 1.00 bits per heavy atom. The lowest BCUT2D eigenvalue weighted by Gasteiger charge is -2.28. The Morgan fingerprint density at radius 3 is 2.44 bits per heavy atom. The van der Waals surface area contributed by atoms with E-state index < -0.39 is 11.8 Å². The van der Waals surface area contributed by atoms with Crippen molar-refractivity contribution < 1.29 is 19.4 Å². The zero-order chi connectivity index (χ0) is 18.8. The molecule has 2 aliphatic heterocycles. The number of phenols is 1. The summed E-state index contributed by atoms with van der Waals surface area (Å²) in [7, 11) is 0. The molecule has 2 amide bonds.